The largest absolute Gasteiger partial charge is 0.417 e. The molecule has 1 aliphatic heterocycles. The van der Waals surface area contributed by atoms with Gasteiger partial charge < -0.3 is 4.90 Å². The lowest BCUT2D eigenvalue weighted by Gasteiger charge is -2.29. The molecule has 2 rings (SSSR count). The molecule has 0 N–H and O–H groups in total. The van der Waals surface area contributed by atoms with E-state index in [9.17, 15) is 18.0 Å². The standard InChI is InChI=1S/C14H12BrF3N2O/c15-12-4-3-10(6-11(12)14(16,17)18)13(21)20-5-1-2-9(7-19)8-20/h3-4,6,9H,1-2,5,8H2. The maximum absolute atomic E-state index is 12.9. The monoisotopic (exact) mass is 360 g/mol. The molecule has 0 spiro atoms. The molecule has 1 aromatic carbocycles. The van der Waals surface area contributed by atoms with Crippen molar-refractivity contribution in [2.24, 2.45) is 5.92 Å². The Labute approximate surface area is 128 Å². The van der Waals surface area contributed by atoms with Crippen molar-refractivity contribution in [2.45, 2.75) is 19.0 Å². The van der Waals surface area contributed by atoms with Gasteiger partial charge >= 0.3 is 6.18 Å². The summed E-state index contributed by atoms with van der Waals surface area (Å²) in [7, 11) is 0. The van der Waals surface area contributed by atoms with E-state index in [4.69, 9.17) is 5.26 Å². The zero-order valence-electron chi connectivity index (χ0n) is 11.0. The zero-order chi connectivity index (χ0) is 15.6. The minimum absolute atomic E-state index is 0.0101. The van der Waals surface area contributed by atoms with Crippen molar-refractivity contribution in [3.8, 4) is 6.07 Å². The van der Waals surface area contributed by atoms with E-state index in [1.165, 1.54) is 17.0 Å². The van der Waals surface area contributed by atoms with E-state index in [1.54, 1.807) is 0 Å². The molecule has 21 heavy (non-hydrogen) atoms. The third kappa shape index (κ3) is 3.56. The van der Waals surface area contributed by atoms with Crippen LogP contribution in [-0.2, 0) is 6.18 Å². The molecule has 1 unspecified atom stereocenters. The van der Waals surface area contributed by atoms with E-state index in [0.29, 0.717) is 19.4 Å². The minimum atomic E-state index is -4.52. The van der Waals surface area contributed by atoms with Gasteiger partial charge in [-0.3, -0.25) is 4.79 Å². The first-order valence-electron chi connectivity index (χ1n) is 6.38. The summed E-state index contributed by atoms with van der Waals surface area (Å²) in [5, 5.41) is 8.91. The van der Waals surface area contributed by atoms with Gasteiger partial charge in [-0.25, -0.2) is 0 Å². The van der Waals surface area contributed by atoms with Gasteiger partial charge in [0.25, 0.3) is 5.91 Å². The first-order chi connectivity index (χ1) is 9.82. The molecule has 1 saturated heterocycles. The molecule has 112 valence electrons. The Kier molecular flexibility index (Phi) is 4.57. The molecule has 1 amide bonds. The second-order valence-electron chi connectivity index (χ2n) is 4.91. The van der Waals surface area contributed by atoms with Crippen molar-refractivity contribution in [1.29, 1.82) is 5.26 Å². The van der Waals surface area contributed by atoms with E-state index >= 15 is 0 Å². The predicted molar refractivity (Wildman–Crippen MR) is 73.4 cm³/mol. The fraction of sp³-hybridized carbons (Fsp3) is 0.429. The van der Waals surface area contributed by atoms with Crippen LogP contribution in [0.1, 0.15) is 28.8 Å². The molecule has 0 aliphatic carbocycles. The van der Waals surface area contributed by atoms with E-state index in [2.05, 4.69) is 22.0 Å². The summed E-state index contributed by atoms with van der Waals surface area (Å²) in [6, 6.07) is 5.54. The third-order valence-electron chi connectivity index (χ3n) is 3.41. The number of piperidine rings is 1. The Hall–Kier alpha value is -1.55. The number of carbonyl (C=O) groups is 1. The summed E-state index contributed by atoms with van der Waals surface area (Å²) in [4.78, 5) is 13.7. The molecule has 1 fully saturated rings. The van der Waals surface area contributed by atoms with Crippen LogP contribution in [0.25, 0.3) is 0 Å². The maximum atomic E-state index is 12.9. The Morgan fingerprint density at radius 3 is 2.76 bits per heavy atom. The first-order valence-corrected chi connectivity index (χ1v) is 7.18. The number of benzene rings is 1. The van der Waals surface area contributed by atoms with Crippen molar-refractivity contribution in [3.05, 3.63) is 33.8 Å². The highest BCUT2D eigenvalue weighted by Crippen LogP contribution is 2.35. The Bertz CT molecular complexity index is 595. The number of nitriles is 1. The average Bonchev–Trinajstić information content (AvgIpc) is 2.46. The van der Waals surface area contributed by atoms with Crippen LogP contribution in [0.3, 0.4) is 0 Å². The molecule has 7 heteroatoms. The number of amides is 1. The molecule has 1 atom stereocenters. The summed E-state index contributed by atoms with van der Waals surface area (Å²) >= 11 is 2.84. The highest BCUT2D eigenvalue weighted by molar-refractivity contribution is 9.10. The number of halogens is 4. The first kappa shape index (κ1) is 15.8. The summed E-state index contributed by atoms with van der Waals surface area (Å²) in [5.74, 6) is -0.715. The van der Waals surface area contributed by atoms with Crippen LogP contribution >= 0.6 is 15.9 Å². The van der Waals surface area contributed by atoms with Gasteiger partial charge in [-0.1, -0.05) is 15.9 Å². The van der Waals surface area contributed by atoms with Gasteiger partial charge in [-0.05, 0) is 31.0 Å². The van der Waals surface area contributed by atoms with Crippen molar-refractivity contribution >= 4 is 21.8 Å². The van der Waals surface area contributed by atoms with Gasteiger partial charge in [0.2, 0.25) is 0 Å². The van der Waals surface area contributed by atoms with Crippen molar-refractivity contribution < 1.29 is 18.0 Å². The van der Waals surface area contributed by atoms with Crippen LogP contribution in [0.15, 0.2) is 22.7 Å². The molecule has 0 bridgehead atoms. The number of carbonyl (C=O) groups excluding carboxylic acids is 1. The van der Waals surface area contributed by atoms with E-state index < -0.39 is 17.6 Å². The number of nitrogens with zero attached hydrogens (tertiary/aromatic N) is 2. The van der Waals surface area contributed by atoms with Crippen LogP contribution in [0.4, 0.5) is 13.2 Å². The second-order valence-corrected chi connectivity index (χ2v) is 5.77. The van der Waals surface area contributed by atoms with Crippen LogP contribution in [0, 0.1) is 17.2 Å². The smallest absolute Gasteiger partial charge is 0.337 e. The normalized spacial score (nSPS) is 19.2. The maximum Gasteiger partial charge on any atom is 0.417 e. The fourth-order valence-corrected chi connectivity index (χ4v) is 2.80. The second kappa shape index (κ2) is 6.06. The quantitative estimate of drug-likeness (QED) is 0.763. The van der Waals surface area contributed by atoms with Gasteiger partial charge in [0.05, 0.1) is 17.6 Å². The van der Waals surface area contributed by atoms with Gasteiger partial charge in [0, 0.05) is 23.1 Å². The molecule has 3 nitrogen and oxygen atoms in total. The lowest BCUT2D eigenvalue weighted by Crippen LogP contribution is -2.39. The summed E-state index contributed by atoms with van der Waals surface area (Å²) in [5.41, 5.74) is -0.883. The topological polar surface area (TPSA) is 44.1 Å². The van der Waals surface area contributed by atoms with Gasteiger partial charge in [-0.15, -0.1) is 0 Å². The zero-order valence-corrected chi connectivity index (χ0v) is 12.5. The lowest BCUT2D eigenvalue weighted by atomic mass is 9.98. The fourth-order valence-electron chi connectivity index (χ4n) is 2.33. The van der Waals surface area contributed by atoms with Crippen molar-refractivity contribution in [3.63, 3.8) is 0 Å². The number of hydrogen-bond acceptors (Lipinski definition) is 2. The molecule has 0 aromatic heterocycles. The summed E-state index contributed by atoms with van der Waals surface area (Å²) in [6.07, 6.45) is -3.12. The number of alkyl halides is 3. The third-order valence-corrected chi connectivity index (χ3v) is 4.10. The van der Waals surface area contributed by atoms with E-state index in [0.717, 1.165) is 6.07 Å². The van der Waals surface area contributed by atoms with Crippen LogP contribution in [-0.4, -0.2) is 23.9 Å². The van der Waals surface area contributed by atoms with Crippen molar-refractivity contribution in [2.75, 3.05) is 13.1 Å². The molecule has 1 aliphatic rings. The average molecular weight is 361 g/mol. The van der Waals surface area contributed by atoms with E-state index in [-0.39, 0.29) is 22.5 Å². The van der Waals surface area contributed by atoms with Crippen LogP contribution in [0.2, 0.25) is 0 Å². The molecule has 0 radical (unpaired) electrons. The van der Waals surface area contributed by atoms with Gasteiger partial charge in [0.15, 0.2) is 0 Å². The predicted octanol–water partition coefficient (Wildman–Crippen LogP) is 3.84. The highest BCUT2D eigenvalue weighted by atomic mass is 79.9. The molecule has 0 saturated carbocycles. The molecule has 1 heterocycles. The highest BCUT2D eigenvalue weighted by Gasteiger charge is 2.34. The van der Waals surface area contributed by atoms with Gasteiger partial charge in [-0.2, -0.15) is 18.4 Å². The SMILES string of the molecule is N#CC1CCCN(C(=O)c2ccc(Br)c(C(F)(F)F)c2)C1. The summed E-state index contributed by atoms with van der Waals surface area (Å²) in [6.45, 7) is 0.737. The Morgan fingerprint density at radius 1 is 1.43 bits per heavy atom. The number of rotatable bonds is 1. The van der Waals surface area contributed by atoms with E-state index in [1.807, 2.05) is 0 Å². The Morgan fingerprint density at radius 2 is 2.14 bits per heavy atom. The minimum Gasteiger partial charge on any atom is -0.337 e. The molecule has 1 aromatic rings. The van der Waals surface area contributed by atoms with Crippen LogP contribution < -0.4 is 0 Å². The molecular weight excluding hydrogens is 349 g/mol. The van der Waals surface area contributed by atoms with Crippen LogP contribution in [0.5, 0.6) is 0 Å². The number of likely N-dealkylation sites (tertiary alicyclic amines) is 1. The summed E-state index contributed by atoms with van der Waals surface area (Å²) < 4.78 is 38.5. The van der Waals surface area contributed by atoms with Gasteiger partial charge in [0.1, 0.15) is 0 Å². The number of hydrogen-bond donors (Lipinski definition) is 0. The Balaban J connectivity index is 2.26. The lowest BCUT2D eigenvalue weighted by molar-refractivity contribution is -0.138. The molecular formula is C14H12BrF3N2O. The van der Waals surface area contributed by atoms with Crippen molar-refractivity contribution in [1.82, 2.24) is 4.90 Å².